The molecule has 0 radical (unpaired) electrons. The van der Waals surface area contributed by atoms with Gasteiger partial charge in [-0.15, -0.1) is 11.8 Å². The summed E-state index contributed by atoms with van der Waals surface area (Å²) in [5, 5.41) is 0. The Morgan fingerprint density at radius 1 is 1.00 bits per heavy atom. The minimum absolute atomic E-state index is 0.403. The van der Waals surface area contributed by atoms with Crippen molar-refractivity contribution in [1.82, 2.24) is 0 Å². The SMILES string of the molecule is CC#CCCC(C(F)(F)F)C(F)(F)F. The van der Waals surface area contributed by atoms with Crippen molar-refractivity contribution in [3.8, 4) is 11.8 Å². The summed E-state index contributed by atoms with van der Waals surface area (Å²) in [5.41, 5.74) is 0. The third-order valence-corrected chi connectivity index (χ3v) is 1.53. The summed E-state index contributed by atoms with van der Waals surface area (Å²) in [6.45, 7) is 1.36. The van der Waals surface area contributed by atoms with Crippen molar-refractivity contribution in [2.45, 2.75) is 32.1 Å². The van der Waals surface area contributed by atoms with Gasteiger partial charge in [-0.1, -0.05) is 0 Å². The van der Waals surface area contributed by atoms with Gasteiger partial charge in [0.15, 0.2) is 5.92 Å². The standard InChI is InChI=1S/C8H8F6/c1-2-3-4-5-6(7(9,10)11)8(12,13)14/h6H,4-5H2,1H3. The molecule has 0 heterocycles. The van der Waals surface area contributed by atoms with E-state index >= 15 is 0 Å². The van der Waals surface area contributed by atoms with Gasteiger partial charge < -0.3 is 0 Å². The Hall–Kier alpha value is -0.860. The van der Waals surface area contributed by atoms with Crippen molar-refractivity contribution in [3.63, 3.8) is 0 Å². The van der Waals surface area contributed by atoms with E-state index < -0.39 is 31.1 Å². The normalized spacial score (nSPS) is 12.6. The summed E-state index contributed by atoms with van der Waals surface area (Å²) in [4.78, 5) is 0. The molecule has 0 N–H and O–H groups in total. The molecule has 0 aromatic rings. The van der Waals surface area contributed by atoms with Crippen molar-refractivity contribution in [2.24, 2.45) is 5.92 Å². The zero-order chi connectivity index (χ0) is 11.4. The zero-order valence-electron chi connectivity index (χ0n) is 7.26. The van der Waals surface area contributed by atoms with E-state index in [2.05, 4.69) is 11.8 Å². The van der Waals surface area contributed by atoms with Gasteiger partial charge >= 0.3 is 12.4 Å². The van der Waals surface area contributed by atoms with E-state index in [9.17, 15) is 26.3 Å². The van der Waals surface area contributed by atoms with Gasteiger partial charge in [0.25, 0.3) is 0 Å². The van der Waals surface area contributed by atoms with Crippen LogP contribution in [0, 0.1) is 17.8 Å². The predicted molar refractivity (Wildman–Crippen MR) is 38.3 cm³/mol. The van der Waals surface area contributed by atoms with Crippen LogP contribution in [0.4, 0.5) is 26.3 Å². The molecule has 0 fully saturated rings. The first-order valence-corrected chi connectivity index (χ1v) is 3.72. The van der Waals surface area contributed by atoms with Gasteiger partial charge in [0.05, 0.1) is 0 Å². The first kappa shape index (κ1) is 13.1. The summed E-state index contributed by atoms with van der Waals surface area (Å²) >= 11 is 0. The highest BCUT2D eigenvalue weighted by Gasteiger charge is 2.55. The lowest BCUT2D eigenvalue weighted by atomic mass is 10.0. The Morgan fingerprint density at radius 2 is 1.43 bits per heavy atom. The average molecular weight is 218 g/mol. The summed E-state index contributed by atoms with van der Waals surface area (Å²) in [6, 6.07) is 0. The lowest BCUT2D eigenvalue weighted by molar-refractivity contribution is -0.285. The predicted octanol–water partition coefficient (Wildman–Crippen LogP) is 3.53. The Labute approximate surface area is 77.3 Å². The van der Waals surface area contributed by atoms with Gasteiger partial charge in [-0.3, -0.25) is 0 Å². The highest BCUT2D eigenvalue weighted by molar-refractivity contribution is 4.96. The van der Waals surface area contributed by atoms with Crippen LogP contribution >= 0.6 is 0 Å². The van der Waals surface area contributed by atoms with E-state index in [1.54, 1.807) is 0 Å². The third kappa shape index (κ3) is 4.40. The number of hydrogen-bond donors (Lipinski definition) is 0. The van der Waals surface area contributed by atoms with Crippen LogP contribution < -0.4 is 0 Å². The molecule has 0 aliphatic heterocycles. The molecule has 0 rings (SSSR count). The first-order chi connectivity index (χ1) is 6.19. The van der Waals surface area contributed by atoms with Crippen molar-refractivity contribution < 1.29 is 26.3 Å². The molecule has 0 nitrogen and oxygen atoms in total. The fourth-order valence-electron chi connectivity index (χ4n) is 0.854. The molecule has 14 heavy (non-hydrogen) atoms. The average Bonchev–Trinajstić information content (AvgIpc) is 1.92. The van der Waals surface area contributed by atoms with E-state index in [0.717, 1.165) is 0 Å². The Kier molecular flexibility index (Phi) is 4.30. The maximum absolute atomic E-state index is 11.9. The largest absolute Gasteiger partial charge is 0.400 e. The molecule has 0 saturated heterocycles. The molecule has 0 aliphatic rings. The molecule has 0 aliphatic carbocycles. The van der Waals surface area contributed by atoms with E-state index in [4.69, 9.17) is 0 Å². The summed E-state index contributed by atoms with van der Waals surface area (Å²) in [6.07, 6.45) is -11.9. The van der Waals surface area contributed by atoms with E-state index in [1.807, 2.05) is 0 Å². The monoisotopic (exact) mass is 218 g/mol. The van der Waals surface area contributed by atoms with Crippen LogP contribution in [-0.4, -0.2) is 12.4 Å². The fraction of sp³-hybridized carbons (Fsp3) is 0.750. The molecule has 0 spiro atoms. The Bertz CT molecular complexity index is 211. The molecule has 0 bridgehead atoms. The second kappa shape index (κ2) is 4.58. The molecule has 0 unspecified atom stereocenters. The molecule has 0 saturated carbocycles. The van der Waals surface area contributed by atoms with Crippen LogP contribution in [0.3, 0.4) is 0 Å². The molecular weight excluding hydrogens is 210 g/mol. The van der Waals surface area contributed by atoms with Crippen LogP contribution in [0.1, 0.15) is 19.8 Å². The van der Waals surface area contributed by atoms with Crippen LogP contribution in [0.15, 0.2) is 0 Å². The van der Waals surface area contributed by atoms with Crippen molar-refractivity contribution in [3.05, 3.63) is 0 Å². The van der Waals surface area contributed by atoms with Crippen LogP contribution in [0.25, 0.3) is 0 Å². The van der Waals surface area contributed by atoms with Gasteiger partial charge in [0, 0.05) is 6.42 Å². The van der Waals surface area contributed by atoms with Crippen molar-refractivity contribution in [2.75, 3.05) is 0 Å². The van der Waals surface area contributed by atoms with Gasteiger partial charge in [-0.05, 0) is 13.3 Å². The van der Waals surface area contributed by atoms with Crippen LogP contribution in [0.2, 0.25) is 0 Å². The molecule has 82 valence electrons. The second-order valence-corrected chi connectivity index (χ2v) is 2.60. The maximum Gasteiger partial charge on any atom is 0.400 e. The van der Waals surface area contributed by atoms with E-state index in [0.29, 0.717) is 0 Å². The van der Waals surface area contributed by atoms with E-state index in [1.165, 1.54) is 6.92 Å². The molecule has 6 heteroatoms. The lowest BCUT2D eigenvalue weighted by Gasteiger charge is -2.21. The highest BCUT2D eigenvalue weighted by Crippen LogP contribution is 2.41. The fourth-order valence-corrected chi connectivity index (χ4v) is 0.854. The van der Waals surface area contributed by atoms with Gasteiger partial charge in [-0.25, -0.2) is 0 Å². The Morgan fingerprint density at radius 3 is 1.71 bits per heavy atom. The molecule has 0 aromatic carbocycles. The summed E-state index contributed by atoms with van der Waals surface area (Å²) < 4.78 is 71.3. The smallest absolute Gasteiger partial charge is 0.170 e. The molecular formula is C8H8F6. The summed E-state index contributed by atoms with van der Waals surface area (Å²) in [7, 11) is 0. The maximum atomic E-state index is 11.9. The van der Waals surface area contributed by atoms with Gasteiger partial charge in [0.2, 0.25) is 0 Å². The van der Waals surface area contributed by atoms with Crippen molar-refractivity contribution >= 4 is 0 Å². The number of alkyl halides is 6. The third-order valence-electron chi connectivity index (χ3n) is 1.53. The van der Waals surface area contributed by atoms with Gasteiger partial charge in [-0.2, -0.15) is 26.3 Å². The second-order valence-electron chi connectivity index (χ2n) is 2.60. The minimum Gasteiger partial charge on any atom is -0.170 e. The topological polar surface area (TPSA) is 0 Å². The Balaban J connectivity index is 4.48. The first-order valence-electron chi connectivity index (χ1n) is 3.72. The molecule has 0 atom stereocenters. The summed E-state index contributed by atoms with van der Waals surface area (Å²) in [5.74, 6) is 1.15. The zero-order valence-corrected chi connectivity index (χ0v) is 7.26. The highest BCUT2D eigenvalue weighted by atomic mass is 19.4. The van der Waals surface area contributed by atoms with E-state index in [-0.39, 0.29) is 0 Å². The lowest BCUT2D eigenvalue weighted by Crippen LogP contribution is -2.36. The van der Waals surface area contributed by atoms with Crippen LogP contribution in [0.5, 0.6) is 0 Å². The number of halogens is 6. The number of rotatable bonds is 2. The van der Waals surface area contributed by atoms with Crippen molar-refractivity contribution in [1.29, 1.82) is 0 Å². The van der Waals surface area contributed by atoms with Crippen LogP contribution in [-0.2, 0) is 0 Å². The van der Waals surface area contributed by atoms with Gasteiger partial charge in [0.1, 0.15) is 0 Å². The molecule has 0 aromatic heterocycles. The quantitative estimate of drug-likeness (QED) is 0.491. The molecule has 0 amide bonds. The number of hydrogen-bond acceptors (Lipinski definition) is 0. The minimum atomic E-state index is -5.24.